The van der Waals surface area contributed by atoms with Gasteiger partial charge in [-0.15, -0.1) is 11.3 Å². The van der Waals surface area contributed by atoms with Crippen molar-refractivity contribution in [2.45, 2.75) is 13.5 Å². The van der Waals surface area contributed by atoms with Gasteiger partial charge in [-0.2, -0.15) is 0 Å². The molecule has 1 aliphatic rings. The Kier molecular flexibility index (Phi) is 5.99. The lowest BCUT2D eigenvalue weighted by Crippen LogP contribution is -2.30. The second-order valence-corrected chi connectivity index (χ2v) is 7.76. The molecule has 2 amide bonds. The lowest BCUT2D eigenvalue weighted by atomic mass is 10.1. The molecule has 3 aromatic rings. The van der Waals surface area contributed by atoms with Gasteiger partial charge in [0, 0.05) is 24.3 Å². The van der Waals surface area contributed by atoms with E-state index in [-0.39, 0.29) is 11.8 Å². The highest BCUT2D eigenvalue weighted by atomic mass is 32.1. The van der Waals surface area contributed by atoms with Crippen LogP contribution in [-0.4, -0.2) is 36.5 Å². The quantitative estimate of drug-likeness (QED) is 0.638. The fourth-order valence-corrected chi connectivity index (χ4v) is 3.87. The number of nitrogens with one attached hydrogen (secondary N) is 1. The smallest absolute Gasteiger partial charge is 0.265 e. The second-order valence-electron chi connectivity index (χ2n) is 6.81. The summed E-state index contributed by atoms with van der Waals surface area (Å²) in [6, 6.07) is 16.4. The molecule has 7 heteroatoms. The number of hydrogen-bond donors (Lipinski definition) is 1. The van der Waals surface area contributed by atoms with Crippen LogP contribution < -0.4 is 14.8 Å². The molecule has 6 nitrogen and oxygen atoms in total. The van der Waals surface area contributed by atoms with Crippen molar-refractivity contribution in [1.82, 2.24) is 4.90 Å². The number of benzene rings is 2. The average Bonchev–Trinajstić information content (AvgIpc) is 3.32. The monoisotopic (exact) mass is 422 g/mol. The predicted molar refractivity (Wildman–Crippen MR) is 117 cm³/mol. The molecule has 154 valence electrons. The third kappa shape index (κ3) is 4.46. The summed E-state index contributed by atoms with van der Waals surface area (Å²) < 4.78 is 11.2. The molecule has 0 atom stereocenters. The Morgan fingerprint density at radius 2 is 1.87 bits per heavy atom. The summed E-state index contributed by atoms with van der Waals surface area (Å²) in [7, 11) is 0. The predicted octanol–water partition coefficient (Wildman–Crippen LogP) is 4.43. The minimum Gasteiger partial charge on any atom is -0.486 e. The van der Waals surface area contributed by atoms with E-state index < -0.39 is 0 Å². The normalized spacial score (nSPS) is 12.3. The minimum absolute atomic E-state index is 0.0976. The van der Waals surface area contributed by atoms with Crippen molar-refractivity contribution in [3.63, 3.8) is 0 Å². The van der Waals surface area contributed by atoms with E-state index in [1.807, 2.05) is 36.6 Å². The van der Waals surface area contributed by atoms with Gasteiger partial charge in [0.25, 0.3) is 11.8 Å². The summed E-state index contributed by atoms with van der Waals surface area (Å²) in [5, 5.41) is 4.70. The lowest BCUT2D eigenvalue weighted by Gasteiger charge is -2.23. The number of rotatable bonds is 6. The van der Waals surface area contributed by atoms with E-state index in [9.17, 15) is 9.59 Å². The largest absolute Gasteiger partial charge is 0.486 e. The van der Waals surface area contributed by atoms with Gasteiger partial charge in [-0.1, -0.05) is 18.2 Å². The van der Waals surface area contributed by atoms with Gasteiger partial charge in [-0.3, -0.25) is 9.59 Å². The zero-order valence-electron chi connectivity index (χ0n) is 16.6. The van der Waals surface area contributed by atoms with E-state index in [2.05, 4.69) is 5.32 Å². The van der Waals surface area contributed by atoms with Gasteiger partial charge >= 0.3 is 0 Å². The van der Waals surface area contributed by atoms with Crippen LogP contribution in [0, 0.1) is 0 Å². The Hall–Kier alpha value is -3.32. The zero-order valence-corrected chi connectivity index (χ0v) is 17.4. The van der Waals surface area contributed by atoms with Gasteiger partial charge in [0.1, 0.15) is 13.2 Å². The van der Waals surface area contributed by atoms with Crippen LogP contribution in [0.25, 0.3) is 0 Å². The standard InChI is InChI=1S/C23H22N2O4S/c1-2-25(15-16-8-9-19-20(13-16)29-11-10-28-19)23(27)17-5-3-6-18(14-17)24-22(26)21-7-4-12-30-21/h3-9,12-14H,2,10-11,15H2,1H3,(H,24,26). The number of fused-ring (bicyclic) bond motifs is 1. The van der Waals surface area contributed by atoms with Crippen molar-refractivity contribution in [1.29, 1.82) is 0 Å². The van der Waals surface area contributed by atoms with Crippen LogP contribution in [0.4, 0.5) is 5.69 Å². The second kappa shape index (κ2) is 9.00. The van der Waals surface area contributed by atoms with Crippen LogP contribution in [0.3, 0.4) is 0 Å². The Bertz CT molecular complexity index is 1050. The van der Waals surface area contributed by atoms with Crippen LogP contribution in [-0.2, 0) is 6.54 Å². The van der Waals surface area contributed by atoms with Crippen molar-refractivity contribution >= 4 is 28.8 Å². The Balaban J connectivity index is 1.47. The molecule has 0 fully saturated rings. The first-order chi connectivity index (χ1) is 14.6. The summed E-state index contributed by atoms with van der Waals surface area (Å²) in [5.41, 5.74) is 2.09. The highest BCUT2D eigenvalue weighted by Crippen LogP contribution is 2.31. The number of ether oxygens (including phenoxy) is 2. The number of carbonyl (C=O) groups excluding carboxylic acids is 2. The van der Waals surface area contributed by atoms with Crippen LogP contribution in [0.15, 0.2) is 60.0 Å². The fraction of sp³-hybridized carbons (Fsp3) is 0.217. The molecule has 0 spiro atoms. The van der Waals surface area contributed by atoms with Crippen LogP contribution in [0.1, 0.15) is 32.5 Å². The van der Waals surface area contributed by atoms with Gasteiger partial charge in [0.05, 0.1) is 4.88 Å². The minimum atomic E-state index is -0.182. The molecule has 0 radical (unpaired) electrons. The molecular weight excluding hydrogens is 400 g/mol. The molecule has 1 aliphatic heterocycles. The maximum atomic E-state index is 13.1. The van der Waals surface area contributed by atoms with E-state index in [1.165, 1.54) is 11.3 Å². The Morgan fingerprint density at radius 1 is 1.03 bits per heavy atom. The number of anilines is 1. The van der Waals surface area contributed by atoms with Crippen LogP contribution in [0.2, 0.25) is 0 Å². The highest BCUT2D eigenvalue weighted by molar-refractivity contribution is 7.12. The van der Waals surface area contributed by atoms with Gasteiger partial charge in [-0.25, -0.2) is 0 Å². The number of hydrogen-bond acceptors (Lipinski definition) is 5. The van der Waals surface area contributed by atoms with Gasteiger partial charge < -0.3 is 19.7 Å². The van der Waals surface area contributed by atoms with E-state index in [0.29, 0.717) is 48.2 Å². The molecule has 2 heterocycles. The van der Waals surface area contributed by atoms with Crippen molar-refractivity contribution in [3.05, 3.63) is 76.0 Å². The molecule has 0 saturated heterocycles. The highest BCUT2D eigenvalue weighted by Gasteiger charge is 2.18. The number of thiophene rings is 1. The molecule has 1 N–H and O–H groups in total. The van der Waals surface area contributed by atoms with E-state index >= 15 is 0 Å². The third-order valence-electron chi connectivity index (χ3n) is 4.76. The molecule has 0 unspecified atom stereocenters. The van der Waals surface area contributed by atoms with Crippen molar-refractivity contribution in [3.8, 4) is 11.5 Å². The molecule has 0 bridgehead atoms. The van der Waals surface area contributed by atoms with E-state index in [4.69, 9.17) is 9.47 Å². The maximum absolute atomic E-state index is 13.1. The summed E-state index contributed by atoms with van der Waals surface area (Å²) in [4.78, 5) is 27.8. The number of amides is 2. The molecule has 1 aromatic heterocycles. The van der Waals surface area contributed by atoms with E-state index in [1.54, 1.807) is 35.2 Å². The van der Waals surface area contributed by atoms with Crippen molar-refractivity contribution in [2.75, 3.05) is 25.1 Å². The van der Waals surface area contributed by atoms with Crippen molar-refractivity contribution < 1.29 is 19.1 Å². The maximum Gasteiger partial charge on any atom is 0.265 e. The zero-order chi connectivity index (χ0) is 20.9. The molecular formula is C23H22N2O4S. The molecule has 0 saturated carbocycles. The first kappa shape index (κ1) is 20.0. The van der Waals surface area contributed by atoms with Crippen LogP contribution >= 0.6 is 11.3 Å². The lowest BCUT2D eigenvalue weighted by molar-refractivity contribution is 0.0752. The third-order valence-corrected chi connectivity index (χ3v) is 5.63. The topological polar surface area (TPSA) is 67.9 Å². The summed E-state index contributed by atoms with van der Waals surface area (Å²) in [6.07, 6.45) is 0. The average molecular weight is 423 g/mol. The first-order valence-electron chi connectivity index (χ1n) is 9.77. The molecule has 2 aromatic carbocycles. The SMILES string of the molecule is CCN(Cc1ccc2c(c1)OCCO2)C(=O)c1cccc(NC(=O)c2cccs2)c1. The Morgan fingerprint density at radius 3 is 2.63 bits per heavy atom. The number of carbonyl (C=O) groups is 2. The Labute approximate surface area is 179 Å². The first-order valence-corrected chi connectivity index (χ1v) is 10.6. The van der Waals surface area contributed by atoms with E-state index in [0.717, 1.165) is 11.3 Å². The fourth-order valence-electron chi connectivity index (χ4n) is 3.25. The van der Waals surface area contributed by atoms with Crippen molar-refractivity contribution in [2.24, 2.45) is 0 Å². The summed E-state index contributed by atoms with van der Waals surface area (Å²) >= 11 is 1.37. The van der Waals surface area contributed by atoms with Gasteiger partial charge in [0.2, 0.25) is 0 Å². The van der Waals surface area contributed by atoms with Crippen LogP contribution in [0.5, 0.6) is 11.5 Å². The van der Waals surface area contributed by atoms with Gasteiger partial charge in [0.15, 0.2) is 11.5 Å². The molecule has 4 rings (SSSR count). The molecule has 30 heavy (non-hydrogen) atoms. The summed E-state index contributed by atoms with van der Waals surface area (Å²) in [6.45, 7) is 4.03. The number of nitrogens with zero attached hydrogens (tertiary/aromatic N) is 1. The summed E-state index contributed by atoms with van der Waals surface area (Å²) in [5.74, 6) is 1.16. The van der Waals surface area contributed by atoms with Gasteiger partial charge in [-0.05, 0) is 54.3 Å². The molecule has 0 aliphatic carbocycles.